The lowest BCUT2D eigenvalue weighted by atomic mass is 9.95. The number of carbonyl (C=O) groups is 1. The number of nitrogens with zero attached hydrogens (tertiary/aromatic N) is 4. The zero-order valence-electron chi connectivity index (χ0n) is 17.1. The van der Waals surface area contributed by atoms with E-state index >= 15 is 0 Å². The minimum Gasteiger partial charge on any atom is -0.465 e. The molecule has 30 heavy (non-hydrogen) atoms. The van der Waals surface area contributed by atoms with Gasteiger partial charge in [-0.1, -0.05) is 12.1 Å². The first-order valence-corrected chi connectivity index (χ1v) is 12.5. The van der Waals surface area contributed by atoms with Gasteiger partial charge < -0.3 is 10.0 Å². The average molecular weight is 454 g/mol. The number of aryl methyl sites for hydroxylation is 1. The highest BCUT2D eigenvalue weighted by atomic mass is 32.2. The second kappa shape index (κ2) is 9.82. The molecule has 1 fully saturated rings. The van der Waals surface area contributed by atoms with Gasteiger partial charge in [0.25, 0.3) is 0 Å². The van der Waals surface area contributed by atoms with Gasteiger partial charge in [0.2, 0.25) is 10.0 Å². The van der Waals surface area contributed by atoms with Gasteiger partial charge in [-0.15, -0.1) is 0 Å². The Kier molecular flexibility index (Phi) is 7.40. The van der Waals surface area contributed by atoms with Crippen LogP contribution in [0.25, 0.3) is 10.6 Å². The molecule has 1 aromatic carbocycles. The third-order valence-corrected chi connectivity index (χ3v) is 6.69. The van der Waals surface area contributed by atoms with Crippen LogP contribution in [0.5, 0.6) is 0 Å². The van der Waals surface area contributed by atoms with Crippen molar-refractivity contribution < 1.29 is 18.3 Å². The number of hydrogen-bond donors (Lipinski definition) is 2. The Labute approximate surface area is 181 Å². The van der Waals surface area contributed by atoms with E-state index in [2.05, 4.69) is 19.0 Å². The monoisotopic (exact) mass is 453 g/mol. The Bertz CT molecular complexity index is 971. The first-order chi connectivity index (χ1) is 14.2. The minimum atomic E-state index is -3.17. The number of carboxylic acid groups (broad SMARTS) is 1. The largest absolute Gasteiger partial charge is 0.465 e. The van der Waals surface area contributed by atoms with Crippen LogP contribution in [-0.2, 0) is 10.0 Å². The molecule has 1 amide bonds. The van der Waals surface area contributed by atoms with E-state index in [1.165, 1.54) is 16.4 Å². The number of nitrogens with one attached hydrogen (secondary N) is 1. The van der Waals surface area contributed by atoms with Gasteiger partial charge in [0.05, 0.1) is 11.9 Å². The Balaban J connectivity index is 1.64. The van der Waals surface area contributed by atoms with Crippen LogP contribution in [0.4, 0.5) is 10.5 Å². The lowest BCUT2D eigenvalue weighted by molar-refractivity contribution is 0.180. The molecule has 2 N–H and O–H groups in total. The molecule has 0 saturated carbocycles. The molecule has 1 aromatic heterocycles. The van der Waals surface area contributed by atoms with Crippen molar-refractivity contribution in [3.05, 3.63) is 30.1 Å². The third-order valence-electron chi connectivity index (χ3n) is 5.12. The van der Waals surface area contributed by atoms with Crippen LogP contribution in [0.2, 0.25) is 0 Å². The van der Waals surface area contributed by atoms with Gasteiger partial charge in [0.15, 0.2) is 0 Å². The predicted molar refractivity (Wildman–Crippen MR) is 117 cm³/mol. The number of amides is 1. The van der Waals surface area contributed by atoms with Crippen LogP contribution in [0.15, 0.2) is 24.3 Å². The zero-order chi connectivity index (χ0) is 21.7. The number of benzene rings is 1. The van der Waals surface area contributed by atoms with Gasteiger partial charge in [-0.3, -0.25) is 4.90 Å². The van der Waals surface area contributed by atoms with Gasteiger partial charge in [0, 0.05) is 25.2 Å². The fourth-order valence-electron chi connectivity index (χ4n) is 3.62. The highest BCUT2D eigenvalue weighted by molar-refractivity contribution is 7.88. The third kappa shape index (κ3) is 6.21. The van der Waals surface area contributed by atoms with Crippen LogP contribution in [0, 0.1) is 12.8 Å². The van der Waals surface area contributed by atoms with Crippen molar-refractivity contribution in [2.45, 2.75) is 19.8 Å². The lowest BCUT2D eigenvalue weighted by Crippen LogP contribution is -2.43. The Morgan fingerprint density at radius 3 is 2.63 bits per heavy atom. The van der Waals surface area contributed by atoms with Crippen LogP contribution in [-0.4, -0.2) is 72.9 Å². The van der Waals surface area contributed by atoms with Crippen molar-refractivity contribution in [3.8, 4) is 10.6 Å². The van der Waals surface area contributed by atoms with E-state index < -0.39 is 16.1 Å². The number of para-hydroxylation sites is 1. The molecule has 0 unspecified atom stereocenters. The van der Waals surface area contributed by atoms with Crippen molar-refractivity contribution in [1.82, 2.24) is 19.0 Å². The standard InChI is InChI=1S/C19H27N5O4S2/c1-14-21-18(29-22-14)16-5-3-4-6-17(16)24(19(25)26)13-15-7-10-23(11-8-15)12-9-20-30(2,27)28/h3-6,15,20H,7-13H2,1-2H3,(H,25,26). The summed E-state index contributed by atoms with van der Waals surface area (Å²) in [5.74, 6) is 0.911. The molecule has 11 heteroatoms. The second-order valence-electron chi connectivity index (χ2n) is 7.51. The zero-order valence-corrected chi connectivity index (χ0v) is 18.7. The molecule has 9 nitrogen and oxygen atoms in total. The van der Waals surface area contributed by atoms with Gasteiger partial charge in [-0.25, -0.2) is 22.9 Å². The molecule has 0 radical (unpaired) electrons. The van der Waals surface area contributed by atoms with Crippen molar-refractivity contribution >= 4 is 33.3 Å². The quantitative estimate of drug-likeness (QED) is 0.630. The molecule has 1 aliphatic rings. The molecule has 1 saturated heterocycles. The summed E-state index contributed by atoms with van der Waals surface area (Å²) in [6.45, 7) is 4.92. The summed E-state index contributed by atoms with van der Waals surface area (Å²) < 4.78 is 29.1. The first-order valence-electron chi connectivity index (χ1n) is 9.80. The molecule has 2 heterocycles. The number of piperidine rings is 1. The van der Waals surface area contributed by atoms with Gasteiger partial charge in [-0.2, -0.15) is 4.37 Å². The van der Waals surface area contributed by atoms with E-state index in [1.807, 2.05) is 31.2 Å². The van der Waals surface area contributed by atoms with Crippen LogP contribution in [0.1, 0.15) is 18.7 Å². The smallest absolute Gasteiger partial charge is 0.411 e. The molecule has 0 aliphatic carbocycles. The topological polar surface area (TPSA) is 116 Å². The van der Waals surface area contributed by atoms with E-state index in [0.717, 1.165) is 37.8 Å². The molecule has 3 rings (SSSR count). The summed E-state index contributed by atoms with van der Waals surface area (Å²) in [6.07, 6.45) is 1.90. The second-order valence-corrected chi connectivity index (χ2v) is 10.1. The van der Waals surface area contributed by atoms with Gasteiger partial charge >= 0.3 is 6.09 Å². The van der Waals surface area contributed by atoms with Crippen LogP contribution < -0.4 is 9.62 Å². The SMILES string of the molecule is Cc1nsc(-c2ccccc2N(CC2CCN(CCNS(C)(=O)=O)CC2)C(=O)O)n1. The normalized spacial score (nSPS) is 15.9. The maximum absolute atomic E-state index is 12.1. The number of rotatable bonds is 8. The van der Waals surface area contributed by atoms with Gasteiger partial charge in [0.1, 0.15) is 10.8 Å². The molecule has 0 spiro atoms. The van der Waals surface area contributed by atoms with Crippen LogP contribution >= 0.6 is 11.5 Å². The molecule has 1 aliphatic heterocycles. The Morgan fingerprint density at radius 1 is 1.33 bits per heavy atom. The first kappa shape index (κ1) is 22.6. The van der Waals surface area contributed by atoms with E-state index in [1.54, 1.807) is 0 Å². The summed E-state index contributed by atoms with van der Waals surface area (Å²) in [5, 5.41) is 10.6. The Morgan fingerprint density at radius 2 is 2.03 bits per heavy atom. The summed E-state index contributed by atoms with van der Waals surface area (Å²) in [5.41, 5.74) is 1.40. The van der Waals surface area contributed by atoms with Crippen molar-refractivity contribution in [3.63, 3.8) is 0 Å². The van der Waals surface area contributed by atoms with Crippen molar-refractivity contribution in [2.24, 2.45) is 5.92 Å². The summed E-state index contributed by atoms with van der Waals surface area (Å²) in [6, 6.07) is 7.40. The fraction of sp³-hybridized carbons (Fsp3) is 0.526. The molecule has 0 bridgehead atoms. The molecule has 0 atom stereocenters. The van der Waals surface area contributed by atoms with Crippen molar-refractivity contribution in [2.75, 3.05) is 43.9 Å². The lowest BCUT2D eigenvalue weighted by Gasteiger charge is -2.34. The molecular weight excluding hydrogens is 426 g/mol. The van der Waals surface area contributed by atoms with E-state index in [9.17, 15) is 18.3 Å². The molecule has 164 valence electrons. The maximum Gasteiger partial charge on any atom is 0.411 e. The number of hydrogen-bond acceptors (Lipinski definition) is 7. The minimum absolute atomic E-state index is 0.240. The Hall–Kier alpha value is -2.08. The number of sulfonamides is 1. The highest BCUT2D eigenvalue weighted by Crippen LogP contribution is 2.33. The summed E-state index contributed by atoms with van der Waals surface area (Å²) in [7, 11) is -3.17. The van der Waals surface area contributed by atoms with E-state index in [0.29, 0.717) is 36.2 Å². The van der Waals surface area contributed by atoms with Gasteiger partial charge in [-0.05, 0) is 62.4 Å². The van der Waals surface area contributed by atoms with E-state index in [4.69, 9.17) is 0 Å². The number of aromatic nitrogens is 2. The summed E-state index contributed by atoms with van der Waals surface area (Å²) >= 11 is 1.27. The average Bonchev–Trinajstić information content (AvgIpc) is 3.12. The molecule has 2 aromatic rings. The van der Waals surface area contributed by atoms with Crippen LogP contribution in [0.3, 0.4) is 0 Å². The fourth-order valence-corrected chi connectivity index (χ4v) is 4.78. The molecular formula is C19H27N5O4S2. The predicted octanol–water partition coefficient (Wildman–Crippen LogP) is 2.26. The maximum atomic E-state index is 12.1. The highest BCUT2D eigenvalue weighted by Gasteiger charge is 2.26. The number of likely N-dealkylation sites (tertiary alicyclic amines) is 1. The summed E-state index contributed by atoms with van der Waals surface area (Å²) in [4.78, 5) is 20.1. The number of anilines is 1. The van der Waals surface area contributed by atoms with Crippen molar-refractivity contribution in [1.29, 1.82) is 0 Å². The van der Waals surface area contributed by atoms with E-state index in [-0.39, 0.29) is 5.92 Å².